The standard InChI is InChI=1S/C19H33NO/c1-15(2)10-8-6-7-9-13-20-17(4)18-12-11-16(3)14-19(18)21-5/h11-12,14-15,17,20H,6-10,13H2,1-5H3. The Morgan fingerprint density at radius 3 is 2.43 bits per heavy atom. The predicted molar refractivity (Wildman–Crippen MR) is 92.1 cm³/mol. The Balaban J connectivity index is 2.26. The van der Waals surface area contributed by atoms with Gasteiger partial charge in [-0.25, -0.2) is 0 Å². The Kier molecular flexibility index (Phi) is 8.44. The Morgan fingerprint density at radius 2 is 1.76 bits per heavy atom. The van der Waals surface area contributed by atoms with Crippen molar-refractivity contribution in [1.29, 1.82) is 0 Å². The van der Waals surface area contributed by atoms with Crippen LogP contribution >= 0.6 is 0 Å². The highest BCUT2D eigenvalue weighted by atomic mass is 16.5. The first-order chi connectivity index (χ1) is 10.0. The van der Waals surface area contributed by atoms with Crippen LogP contribution < -0.4 is 10.1 Å². The summed E-state index contributed by atoms with van der Waals surface area (Å²) in [5.41, 5.74) is 2.50. The maximum atomic E-state index is 5.49. The van der Waals surface area contributed by atoms with Crippen LogP contribution in [0.25, 0.3) is 0 Å². The summed E-state index contributed by atoms with van der Waals surface area (Å²) in [6.45, 7) is 10.0. The van der Waals surface area contributed by atoms with Gasteiger partial charge in [-0.05, 0) is 44.4 Å². The first kappa shape index (κ1) is 18.0. The molecule has 1 N–H and O–H groups in total. The van der Waals surface area contributed by atoms with E-state index in [1.54, 1.807) is 7.11 Å². The van der Waals surface area contributed by atoms with Crippen LogP contribution in [0.4, 0.5) is 0 Å². The molecule has 0 radical (unpaired) electrons. The molecular weight excluding hydrogens is 258 g/mol. The summed E-state index contributed by atoms with van der Waals surface area (Å²) >= 11 is 0. The van der Waals surface area contributed by atoms with E-state index in [1.165, 1.54) is 43.2 Å². The molecule has 120 valence electrons. The molecule has 0 aliphatic carbocycles. The lowest BCUT2D eigenvalue weighted by molar-refractivity contribution is 0.400. The number of rotatable bonds is 10. The Labute approximate surface area is 131 Å². The molecule has 1 unspecified atom stereocenters. The van der Waals surface area contributed by atoms with E-state index < -0.39 is 0 Å². The van der Waals surface area contributed by atoms with Gasteiger partial charge in [-0.15, -0.1) is 0 Å². The normalized spacial score (nSPS) is 12.7. The highest BCUT2D eigenvalue weighted by Crippen LogP contribution is 2.26. The van der Waals surface area contributed by atoms with Gasteiger partial charge in [0, 0.05) is 11.6 Å². The van der Waals surface area contributed by atoms with Crippen LogP contribution in [0.1, 0.15) is 70.0 Å². The van der Waals surface area contributed by atoms with E-state index >= 15 is 0 Å². The van der Waals surface area contributed by atoms with E-state index in [0.29, 0.717) is 6.04 Å². The minimum atomic E-state index is 0.344. The number of ether oxygens (including phenoxy) is 1. The molecular formula is C19H33NO. The minimum absolute atomic E-state index is 0.344. The zero-order valence-electron chi connectivity index (χ0n) is 14.5. The molecule has 0 bridgehead atoms. The molecule has 1 aromatic rings. The van der Waals surface area contributed by atoms with Crippen molar-refractivity contribution in [3.8, 4) is 5.75 Å². The zero-order chi connectivity index (χ0) is 15.7. The third kappa shape index (κ3) is 6.99. The number of unbranched alkanes of at least 4 members (excludes halogenated alkanes) is 3. The third-order valence-corrected chi connectivity index (χ3v) is 4.01. The Bertz CT molecular complexity index is 401. The van der Waals surface area contributed by atoms with Gasteiger partial charge in [0.15, 0.2) is 0 Å². The highest BCUT2D eigenvalue weighted by Gasteiger charge is 2.10. The lowest BCUT2D eigenvalue weighted by Crippen LogP contribution is -2.20. The largest absolute Gasteiger partial charge is 0.496 e. The molecule has 0 aliphatic rings. The number of hydrogen-bond donors (Lipinski definition) is 1. The van der Waals surface area contributed by atoms with Crippen molar-refractivity contribution in [2.24, 2.45) is 5.92 Å². The van der Waals surface area contributed by atoms with Crippen LogP contribution in [-0.2, 0) is 0 Å². The molecule has 0 aliphatic heterocycles. The molecule has 0 saturated heterocycles. The SMILES string of the molecule is COc1cc(C)ccc1C(C)NCCCCCCC(C)C. The summed E-state index contributed by atoms with van der Waals surface area (Å²) in [6, 6.07) is 6.78. The zero-order valence-corrected chi connectivity index (χ0v) is 14.5. The van der Waals surface area contributed by atoms with Gasteiger partial charge in [-0.1, -0.05) is 51.7 Å². The van der Waals surface area contributed by atoms with E-state index in [4.69, 9.17) is 4.74 Å². The van der Waals surface area contributed by atoms with Gasteiger partial charge in [0.05, 0.1) is 7.11 Å². The van der Waals surface area contributed by atoms with E-state index in [9.17, 15) is 0 Å². The van der Waals surface area contributed by atoms with Crippen LogP contribution in [0.5, 0.6) is 5.75 Å². The second kappa shape index (κ2) is 9.83. The fourth-order valence-electron chi connectivity index (χ4n) is 2.64. The number of nitrogens with one attached hydrogen (secondary N) is 1. The highest BCUT2D eigenvalue weighted by molar-refractivity contribution is 5.38. The van der Waals surface area contributed by atoms with Crippen LogP contribution in [-0.4, -0.2) is 13.7 Å². The monoisotopic (exact) mass is 291 g/mol. The number of benzene rings is 1. The topological polar surface area (TPSA) is 21.3 Å². The molecule has 2 heteroatoms. The van der Waals surface area contributed by atoms with Crippen molar-refractivity contribution in [2.45, 2.75) is 65.8 Å². The number of hydrogen-bond acceptors (Lipinski definition) is 2. The number of methoxy groups -OCH3 is 1. The summed E-state index contributed by atoms with van der Waals surface area (Å²) < 4.78 is 5.49. The molecule has 2 nitrogen and oxygen atoms in total. The van der Waals surface area contributed by atoms with Crippen LogP contribution in [0.3, 0.4) is 0 Å². The van der Waals surface area contributed by atoms with E-state index in [-0.39, 0.29) is 0 Å². The van der Waals surface area contributed by atoms with Crippen molar-refractivity contribution in [2.75, 3.05) is 13.7 Å². The second-order valence-corrected chi connectivity index (χ2v) is 6.52. The van der Waals surface area contributed by atoms with Crippen LogP contribution in [0.2, 0.25) is 0 Å². The van der Waals surface area contributed by atoms with Crippen molar-refractivity contribution in [3.05, 3.63) is 29.3 Å². The molecule has 0 amide bonds. The number of aryl methyl sites for hydroxylation is 1. The van der Waals surface area contributed by atoms with Crippen molar-refractivity contribution in [3.63, 3.8) is 0 Å². The molecule has 0 saturated carbocycles. The lowest BCUT2D eigenvalue weighted by Gasteiger charge is -2.18. The molecule has 0 aromatic heterocycles. The van der Waals surface area contributed by atoms with Gasteiger partial charge in [0.25, 0.3) is 0 Å². The Morgan fingerprint density at radius 1 is 1.05 bits per heavy atom. The van der Waals surface area contributed by atoms with Gasteiger partial charge in [-0.2, -0.15) is 0 Å². The van der Waals surface area contributed by atoms with Crippen molar-refractivity contribution >= 4 is 0 Å². The van der Waals surface area contributed by atoms with E-state index in [1.807, 2.05) is 0 Å². The fourth-order valence-corrected chi connectivity index (χ4v) is 2.64. The first-order valence-corrected chi connectivity index (χ1v) is 8.42. The smallest absolute Gasteiger partial charge is 0.123 e. The van der Waals surface area contributed by atoms with Crippen molar-refractivity contribution < 1.29 is 4.74 Å². The average molecular weight is 291 g/mol. The predicted octanol–water partition coefficient (Wildman–Crippen LogP) is 5.26. The van der Waals surface area contributed by atoms with Crippen LogP contribution in [0, 0.1) is 12.8 Å². The third-order valence-electron chi connectivity index (χ3n) is 4.01. The summed E-state index contributed by atoms with van der Waals surface area (Å²) in [4.78, 5) is 0. The van der Waals surface area contributed by atoms with E-state index in [2.05, 4.69) is 51.2 Å². The summed E-state index contributed by atoms with van der Waals surface area (Å²) in [6.07, 6.45) is 6.69. The maximum Gasteiger partial charge on any atom is 0.123 e. The van der Waals surface area contributed by atoms with Gasteiger partial charge in [-0.3, -0.25) is 0 Å². The van der Waals surface area contributed by atoms with Crippen molar-refractivity contribution in [1.82, 2.24) is 5.32 Å². The average Bonchev–Trinajstić information content (AvgIpc) is 2.45. The maximum absolute atomic E-state index is 5.49. The lowest BCUT2D eigenvalue weighted by atomic mass is 10.0. The van der Waals surface area contributed by atoms with Gasteiger partial charge in [0.2, 0.25) is 0 Å². The molecule has 0 heterocycles. The minimum Gasteiger partial charge on any atom is -0.496 e. The Hall–Kier alpha value is -1.02. The summed E-state index contributed by atoms with van der Waals surface area (Å²) in [5.74, 6) is 1.84. The summed E-state index contributed by atoms with van der Waals surface area (Å²) in [5, 5.41) is 3.61. The molecule has 1 aromatic carbocycles. The summed E-state index contributed by atoms with van der Waals surface area (Å²) in [7, 11) is 1.75. The van der Waals surface area contributed by atoms with Gasteiger partial charge < -0.3 is 10.1 Å². The molecule has 1 rings (SSSR count). The second-order valence-electron chi connectivity index (χ2n) is 6.52. The molecule has 0 fully saturated rings. The quantitative estimate of drug-likeness (QED) is 0.594. The van der Waals surface area contributed by atoms with Gasteiger partial charge in [0.1, 0.15) is 5.75 Å². The fraction of sp³-hybridized carbons (Fsp3) is 0.684. The first-order valence-electron chi connectivity index (χ1n) is 8.42. The van der Waals surface area contributed by atoms with Crippen LogP contribution in [0.15, 0.2) is 18.2 Å². The van der Waals surface area contributed by atoms with E-state index in [0.717, 1.165) is 18.2 Å². The molecule has 0 spiro atoms. The van der Waals surface area contributed by atoms with Gasteiger partial charge >= 0.3 is 0 Å². The molecule has 1 atom stereocenters. The molecule has 21 heavy (non-hydrogen) atoms.